The van der Waals surface area contributed by atoms with Crippen molar-refractivity contribution in [1.82, 2.24) is 4.90 Å². The van der Waals surface area contributed by atoms with Gasteiger partial charge in [-0.15, -0.1) is 0 Å². The van der Waals surface area contributed by atoms with Crippen LogP contribution in [0.15, 0.2) is 12.1 Å². The molecule has 1 aliphatic rings. The molecule has 1 aromatic carbocycles. The molecule has 20 heavy (non-hydrogen) atoms. The highest BCUT2D eigenvalue weighted by Crippen LogP contribution is 2.22. The van der Waals surface area contributed by atoms with Gasteiger partial charge in [-0.3, -0.25) is 4.90 Å². The first-order chi connectivity index (χ1) is 9.40. The Morgan fingerprint density at radius 3 is 2.35 bits per heavy atom. The number of rotatable bonds is 3. The van der Waals surface area contributed by atoms with Crippen molar-refractivity contribution in [3.05, 3.63) is 34.4 Å². The lowest BCUT2D eigenvalue weighted by Crippen LogP contribution is -2.55. The zero-order valence-corrected chi connectivity index (χ0v) is 11.4. The fourth-order valence-corrected chi connectivity index (χ4v) is 2.50. The molecule has 0 amide bonds. The van der Waals surface area contributed by atoms with E-state index in [0.717, 1.165) is 12.1 Å². The van der Waals surface area contributed by atoms with Crippen LogP contribution in [0.25, 0.3) is 0 Å². The van der Waals surface area contributed by atoms with Crippen LogP contribution in [0.3, 0.4) is 0 Å². The third-order valence-electron chi connectivity index (χ3n) is 3.50. The quantitative estimate of drug-likeness (QED) is 0.714. The Hall–Kier alpha value is -0.790. The topological polar surface area (TPSA) is 63.9 Å². The van der Waals surface area contributed by atoms with Gasteiger partial charge in [0.25, 0.3) is 0 Å². The average molecular weight is 308 g/mol. The molecule has 1 saturated heterocycles. The number of hydrogen-bond donors (Lipinski definition) is 3. The van der Waals surface area contributed by atoms with E-state index in [9.17, 15) is 24.1 Å². The van der Waals surface area contributed by atoms with Crippen molar-refractivity contribution in [2.45, 2.75) is 24.7 Å². The molecule has 0 radical (unpaired) electrons. The van der Waals surface area contributed by atoms with E-state index in [1.807, 2.05) is 0 Å². The SMILES string of the molecule is OC1CN(CCc2c(F)ccc(Cl)c2F)CC(O)C1O. The van der Waals surface area contributed by atoms with Crippen molar-refractivity contribution in [1.29, 1.82) is 0 Å². The van der Waals surface area contributed by atoms with Gasteiger partial charge in [-0.2, -0.15) is 0 Å². The van der Waals surface area contributed by atoms with Gasteiger partial charge in [-0.1, -0.05) is 11.6 Å². The summed E-state index contributed by atoms with van der Waals surface area (Å²) in [5.41, 5.74) is -0.118. The van der Waals surface area contributed by atoms with E-state index in [2.05, 4.69) is 0 Å². The number of aliphatic hydroxyl groups is 3. The van der Waals surface area contributed by atoms with Crippen LogP contribution in [0.5, 0.6) is 0 Å². The minimum atomic E-state index is -1.19. The van der Waals surface area contributed by atoms with Gasteiger partial charge in [-0.25, -0.2) is 8.78 Å². The van der Waals surface area contributed by atoms with Gasteiger partial charge < -0.3 is 15.3 Å². The maximum absolute atomic E-state index is 13.7. The second kappa shape index (κ2) is 6.32. The van der Waals surface area contributed by atoms with Crippen LogP contribution in [0, 0.1) is 11.6 Å². The van der Waals surface area contributed by atoms with Gasteiger partial charge in [0, 0.05) is 25.2 Å². The Bertz CT molecular complexity index is 477. The Morgan fingerprint density at radius 2 is 1.75 bits per heavy atom. The van der Waals surface area contributed by atoms with Gasteiger partial charge in [0.15, 0.2) is 0 Å². The second-order valence-electron chi connectivity index (χ2n) is 4.96. The van der Waals surface area contributed by atoms with Gasteiger partial charge >= 0.3 is 0 Å². The fourth-order valence-electron chi connectivity index (χ4n) is 2.33. The summed E-state index contributed by atoms with van der Waals surface area (Å²) in [6.45, 7) is 0.527. The summed E-state index contributed by atoms with van der Waals surface area (Å²) < 4.78 is 27.2. The molecule has 0 aliphatic carbocycles. The lowest BCUT2D eigenvalue weighted by Gasteiger charge is -2.36. The maximum atomic E-state index is 13.7. The summed E-state index contributed by atoms with van der Waals surface area (Å²) in [5.74, 6) is -1.46. The summed E-state index contributed by atoms with van der Waals surface area (Å²) >= 11 is 5.60. The highest BCUT2D eigenvalue weighted by atomic mass is 35.5. The smallest absolute Gasteiger partial charge is 0.147 e. The number of β-amino-alcohol motifs (C(OH)–C–C–N with tert-alkyl or cyclic N) is 2. The summed E-state index contributed by atoms with van der Waals surface area (Å²) in [7, 11) is 0. The first-order valence-electron chi connectivity index (χ1n) is 6.29. The Kier molecular flexibility index (Phi) is 4.93. The van der Waals surface area contributed by atoms with E-state index >= 15 is 0 Å². The molecular weight excluding hydrogens is 292 g/mol. The third kappa shape index (κ3) is 3.27. The first-order valence-corrected chi connectivity index (χ1v) is 6.67. The molecule has 0 aromatic heterocycles. The zero-order valence-electron chi connectivity index (χ0n) is 10.6. The summed E-state index contributed by atoms with van der Waals surface area (Å²) in [5, 5.41) is 28.4. The van der Waals surface area contributed by atoms with Crippen LogP contribution in [-0.4, -0.2) is 58.2 Å². The molecule has 2 atom stereocenters. The predicted octanol–water partition coefficient (Wildman–Crippen LogP) is 0.559. The van der Waals surface area contributed by atoms with Gasteiger partial charge in [-0.05, 0) is 18.6 Å². The van der Waals surface area contributed by atoms with E-state index in [1.54, 1.807) is 4.90 Å². The van der Waals surface area contributed by atoms with Crippen LogP contribution >= 0.6 is 11.6 Å². The van der Waals surface area contributed by atoms with Crippen molar-refractivity contribution < 1.29 is 24.1 Å². The Morgan fingerprint density at radius 1 is 1.15 bits per heavy atom. The molecule has 4 nitrogen and oxygen atoms in total. The molecule has 2 rings (SSSR count). The number of benzene rings is 1. The lowest BCUT2D eigenvalue weighted by atomic mass is 10.0. The highest BCUT2D eigenvalue weighted by Gasteiger charge is 2.33. The minimum absolute atomic E-state index is 0.0633. The number of piperidine rings is 1. The van der Waals surface area contributed by atoms with Crippen LogP contribution in [-0.2, 0) is 6.42 Å². The van der Waals surface area contributed by atoms with Crippen molar-refractivity contribution in [3.63, 3.8) is 0 Å². The molecule has 7 heteroatoms. The number of halogens is 3. The molecule has 1 aliphatic heterocycles. The molecule has 1 fully saturated rings. The van der Waals surface area contributed by atoms with Crippen LogP contribution < -0.4 is 0 Å². The van der Waals surface area contributed by atoms with E-state index in [-0.39, 0.29) is 36.6 Å². The van der Waals surface area contributed by atoms with E-state index in [4.69, 9.17) is 11.6 Å². The number of likely N-dealkylation sites (tertiary alicyclic amines) is 1. The summed E-state index contributed by atoms with van der Waals surface area (Å²) in [4.78, 5) is 1.64. The van der Waals surface area contributed by atoms with Gasteiger partial charge in [0.05, 0.1) is 17.2 Å². The van der Waals surface area contributed by atoms with Crippen LogP contribution in [0.1, 0.15) is 5.56 Å². The van der Waals surface area contributed by atoms with Gasteiger partial charge in [0.1, 0.15) is 17.7 Å². The van der Waals surface area contributed by atoms with Crippen molar-refractivity contribution in [2.75, 3.05) is 19.6 Å². The van der Waals surface area contributed by atoms with Gasteiger partial charge in [0.2, 0.25) is 0 Å². The predicted molar refractivity (Wildman–Crippen MR) is 69.5 cm³/mol. The van der Waals surface area contributed by atoms with Crippen molar-refractivity contribution in [2.24, 2.45) is 0 Å². The lowest BCUT2D eigenvalue weighted by molar-refractivity contribution is -0.109. The molecule has 112 valence electrons. The number of hydrogen-bond acceptors (Lipinski definition) is 4. The number of nitrogens with zero attached hydrogens (tertiary/aromatic N) is 1. The molecule has 3 N–H and O–H groups in total. The van der Waals surface area contributed by atoms with E-state index in [1.165, 1.54) is 0 Å². The van der Waals surface area contributed by atoms with Crippen molar-refractivity contribution in [3.8, 4) is 0 Å². The minimum Gasteiger partial charge on any atom is -0.389 e. The van der Waals surface area contributed by atoms with Crippen LogP contribution in [0.4, 0.5) is 8.78 Å². The molecule has 0 saturated carbocycles. The Labute approximate surface area is 120 Å². The normalized spacial score (nSPS) is 27.8. The second-order valence-corrected chi connectivity index (χ2v) is 5.36. The standard InChI is InChI=1S/C13H16ClF2NO3/c14-8-1-2-9(15)7(12(8)16)3-4-17-5-10(18)13(20)11(19)6-17/h1-2,10-11,13,18-20H,3-6H2. The fraction of sp³-hybridized carbons (Fsp3) is 0.538. The average Bonchev–Trinajstić information content (AvgIpc) is 2.40. The monoisotopic (exact) mass is 307 g/mol. The Balaban J connectivity index is 2.01. The largest absolute Gasteiger partial charge is 0.389 e. The molecule has 0 bridgehead atoms. The number of aliphatic hydroxyl groups excluding tert-OH is 3. The summed E-state index contributed by atoms with van der Waals surface area (Å²) in [6.07, 6.45) is -3.28. The molecule has 1 heterocycles. The van der Waals surface area contributed by atoms with Crippen molar-refractivity contribution >= 4 is 11.6 Å². The molecular formula is C13H16ClF2NO3. The van der Waals surface area contributed by atoms with E-state index in [0.29, 0.717) is 0 Å². The maximum Gasteiger partial charge on any atom is 0.147 e. The zero-order chi connectivity index (χ0) is 14.9. The third-order valence-corrected chi connectivity index (χ3v) is 3.79. The molecule has 2 unspecified atom stereocenters. The van der Waals surface area contributed by atoms with E-state index < -0.39 is 29.9 Å². The highest BCUT2D eigenvalue weighted by molar-refractivity contribution is 6.30. The molecule has 1 aromatic rings. The van der Waals surface area contributed by atoms with Crippen LogP contribution in [0.2, 0.25) is 5.02 Å². The summed E-state index contributed by atoms with van der Waals surface area (Å²) in [6, 6.07) is 2.25. The first kappa shape index (κ1) is 15.6. The molecule has 0 spiro atoms.